The van der Waals surface area contributed by atoms with Crippen LogP contribution in [0.2, 0.25) is 0 Å². The monoisotopic (exact) mass is 139 g/mol. The first kappa shape index (κ1) is 9.19. The molecule has 1 N–H and O–H groups in total. The number of hydrogen-bond donors (Lipinski definition) is 1. The minimum atomic E-state index is 0.123. The lowest BCUT2D eigenvalue weighted by atomic mass is 10.2. The summed E-state index contributed by atoms with van der Waals surface area (Å²) >= 11 is 0. The lowest BCUT2D eigenvalue weighted by molar-refractivity contribution is 0.342. The number of aliphatic hydroxyl groups is 1. The summed E-state index contributed by atoms with van der Waals surface area (Å²) < 4.78 is 0. The molecule has 0 heterocycles. The third-order valence-corrected chi connectivity index (χ3v) is 1.18. The summed E-state index contributed by atoms with van der Waals surface area (Å²) in [6, 6.07) is 2.09. The Bertz CT molecular complexity index is 124. The average molecular weight is 139 g/mol. The van der Waals surface area contributed by atoms with Gasteiger partial charge in [0.15, 0.2) is 0 Å². The first-order valence-corrected chi connectivity index (χ1v) is 3.54. The number of nitriles is 1. The van der Waals surface area contributed by atoms with Gasteiger partial charge in [0.25, 0.3) is 0 Å². The van der Waals surface area contributed by atoms with Crippen LogP contribution in [-0.2, 0) is 0 Å². The van der Waals surface area contributed by atoms with E-state index < -0.39 is 0 Å². The molecule has 0 saturated heterocycles. The average Bonchev–Trinajstić information content (AvgIpc) is 1.97. The molecule has 0 rings (SSSR count). The first-order valence-electron chi connectivity index (χ1n) is 3.54. The fourth-order valence-electron chi connectivity index (χ4n) is 0.659. The Morgan fingerprint density at radius 1 is 1.30 bits per heavy atom. The molecular weight excluding hydrogens is 126 g/mol. The Kier molecular flexibility index (Phi) is 7.53. The fourth-order valence-corrected chi connectivity index (χ4v) is 0.659. The maximum atomic E-state index is 8.33. The molecule has 0 unspecified atom stereocenters. The molecule has 0 saturated carbocycles. The third kappa shape index (κ3) is 7.19. The van der Waals surface area contributed by atoms with E-state index in [1.165, 1.54) is 0 Å². The van der Waals surface area contributed by atoms with Crippen LogP contribution in [0.25, 0.3) is 0 Å². The SMILES string of the molecule is N#CCCCC/C=C\CO. The van der Waals surface area contributed by atoms with Gasteiger partial charge in [0.1, 0.15) is 0 Å². The molecule has 0 atom stereocenters. The summed E-state index contributed by atoms with van der Waals surface area (Å²) in [5.74, 6) is 0. The van der Waals surface area contributed by atoms with Crippen molar-refractivity contribution in [2.45, 2.75) is 25.7 Å². The molecule has 0 aromatic rings. The lowest BCUT2D eigenvalue weighted by Crippen LogP contribution is -1.74. The Morgan fingerprint density at radius 3 is 2.70 bits per heavy atom. The number of aliphatic hydroxyl groups excluding tert-OH is 1. The zero-order valence-corrected chi connectivity index (χ0v) is 6.08. The van der Waals surface area contributed by atoms with Crippen molar-refractivity contribution in [3.05, 3.63) is 12.2 Å². The van der Waals surface area contributed by atoms with E-state index in [1.54, 1.807) is 6.08 Å². The topological polar surface area (TPSA) is 44.0 Å². The van der Waals surface area contributed by atoms with Crippen LogP contribution in [0.5, 0.6) is 0 Å². The Morgan fingerprint density at radius 2 is 2.10 bits per heavy atom. The van der Waals surface area contributed by atoms with Gasteiger partial charge in [-0.3, -0.25) is 0 Å². The molecule has 0 aliphatic rings. The van der Waals surface area contributed by atoms with Crippen molar-refractivity contribution in [2.75, 3.05) is 6.61 Å². The predicted molar refractivity (Wildman–Crippen MR) is 40.3 cm³/mol. The van der Waals surface area contributed by atoms with Crippen LogP contribution in [0.3, 0.4) is 0 Å². The molecular formula is C8H13NO. The lowest BCUT2D eigenvalue weighted by Gasteiger charge is -1.88. The van der Waals surface area contributed by atoms with Crippen LogP contribution in [0.4, 0.5) is 0 Å². The second-order valence-corrected chi connectivity index (χ2v) is 2.06. The maximum absolute atomic E-state index is 8.33. The van der Waals surface area contributed by atoms with Gasteiger partial charge in [-0.15, -0.1) is 0 Å². The van der Waals surface area contributed by atoms with E-state index in [1.807, 2.05) is 6.08 Å². The van der Waals surface area contributed by atoms with Crippen LogP contribution < -0.4 is 0 Å². The van der Waals surface area contributed by atoms with Crippen LogP contribution in [0, 0.1) is 11.3 Å². The second kappa shape index (κ2) is 8.19. The van der Waals surface area contributed by atoms with Crippen molar-refractivity contribution in [1.82, 2.24) is 0 Å². The Labute approximate surface area is 61.8 Å². The fraction of sp³-hybridized carbons (Fsp3) is 0.625. The summed E-state index contributed by atoms with van der Waals surface area (Å²) in [5, 5.41) is 16.5. The smallest absolute Gasteiger partial charge is 0.0621 e. The zero-order valence-electron chi connectivity index (χ0n) is 6.08. The van der Waals surface area contributed by atoms with Gasteiger partial charge in [-0.05, 0) is 19.3 Å². The molecule has 10 heavy (non-hydrogen) atoms. The van der Waals surface area contributed by atoms with Crippen molar-refractivity contribution in [1.29, 1.82) is 5.26 Å². The van der Waals surface area contributed by atoms with Gasteiger partial charge in [-0.25, -0.2) is 0 Å². The third-order valence-electron chi connectivity index (χ3n) is 1.18. The molecule has 56 valence electrons. The molecule has 0 radical (unpaired) electrons. The van der Waals surface area contributed by atoms with E-state index >= 15 is 0 Å². The van der Waals surface area contributed by atoms with Crippen molar-refractivity contribution >= 4 is 0 Å². The standard InChI is InChI=1S/C8H13NO/c9-7-5-3-1-2-4-6-8-10/h4,6,10H,1-3,5,8H2/b6-4-. The van der Waals surface area contributed by atoms with E-state index in [0.29, 0.717) is 6.42 Å². The molecule has 0 aliphatic heterocycles. The molecule has 0 aromatic carbocycles. The largest absolute Gasteiger partial charge is 0.392 e. The van der Waals surface area contributed by atoms with Crippen molar-refractivity contribution in [2.24, 2.45) is 0 Å². The number of rotatable bonds is 5. The molecule has 2 nitrogen and oxygen atoms in total. The number of hydrogen-bond acceptors (Lipinski definition) is 2. The van der Waals surface area contributed by atoms with Gasteiger partial charge in [-0.1, -0.05) is 12.2 Å². The van der Waals surface area contributed by atoms with Crippen molar-refractivity contribution in [3.8, 4) is 6.07 Å². The quantitative estimate of drug-likeness (QED) is 0.464. The highest BCUT2D eigenvalue weighted by Crippen LogP contribution is 1.98. The maximum Gasteiger partial charge on any atom is 0.0621 e. The van der Waals surface area contributed by atoms with Crippen LogP contribution in [0.1, 0.15) is 25.7 Å². The first-order chi connectivity index (χ1) is 4.91. The second-order valence-electron chi connectivity index (χ2n) is 2.06. The van der Waals surface area contributed by atoms with E-state index in [0.717, 1.165) is 19.3 Å². The van der Waals surface area contributed by atoms with Gasteiger partial charge in [0.05, 0.1) is 12.7 Å². The van der Waals surface area contributed by atoms with E-state index in [2.05, 4.69) is 6.07 Å². The van der Waals surface area contributed by atoms with Gasteiger partial charge in [0, 0.05) is 6.42 Å². The van der Waals surface area contributed by atoms with Gasteiger partial charge in [0.2, 0.25) is 0 Å². The molecule has 0 fully saturated rings. The van der Waals surface area contributed by atoms with Crippen molar-refractivity contribution in [3.63, 3.8) is 0 Å². The zero-order chi connectivity index (χ0) is 7.66. The van der Waals surface area contributed by atoms with Gasteiger partial charge >= 0.3 is 0 Å². The predicted octanol–water partition coefficient (Wildman–Crippen LogP) is 1.62. The Balaban J connectivity index is 2.92. The van der Waals surface area contributed by atoms with Crippen molar-refractivity contribution < 1.29 is 5.11 Å². The van der Waals surface area contributed by atoms with Crippen LogP contribution >= 0.6 is 0 Å². The molecule has 0 aliphatic carbocycles. The highest BCUT2D eigenvalue weighted by molar-refractivity contribution is 4.81. The number of allylic oxidation sites excluding steroid dienone is 1. The minimum Gasteiger partial charge on any atom is -0.392 e. The highest BCUT2D eigenvalue weighted by atomic mass is 16.2. The summed E-state index contributed by atoms with van der Waals surface area (Å²) in [5.41, 5.74) is 0. The normalized spacial score (nSPS) is 10.0. The summed E-state index contributed by atoms with van der Waals surface area (Å²) in [6.45, 7) is 0.123. The Hall–Kier alpha value is -0.810. The minimum absolute atomic E-state index is 0.123. The van der Waals surface area contributed by atoms with Crippen LogP contribution in [-0.4, -0.2) is 11.7 Å². The summed E-state index contributed by atoms with van der Waals surface area (Å²) in [4.78, 5) is 0. The molecule has 0 bridgehead atoms. The van der Waals surface area contributed by atoms with Gasteiger partial charge in [-0.2, -0.15) is 5.26 Å². The number of nitrogens with zero attached hydrogens (tertiary/aromatic N) is 1. The van der Waals surface area contributed by atoms with E-state index in [9.17, 15) is 0 Å². The summed E-state index contributed by atoms with van der Waals surface area (Å²) in [7, 11) is 0. The highest BCUT2D eigenvalue weighted by Gasteiger charge is 1.82. The molecule has 0 spiro atoms. The van der Waals surface area contributed by atoms with Crippen LogP contribution in [0.15, 0.2) is 12.2 Å². The number of unbranched alkanes of at least 4 members (excludes halogenated alkanes) is 3. The van der Waals surface area contributed by atoms with Gasteiger partial charge < -0.3 is 5.11 Å². The van der Waals surface area contributed by atoms with E-state index in [4.69, 9.17) is 10.4 Å². The summed E-state index contributed by atoms with van der Waals surface area (Å²) in [6.07, 6.45) is 7.30. The molecule has 2 heteroatoms. The van der Waals surface area contributed by atoms with E-state index in [-0.39, 0.29) is 6.61 Å². The molecule has 0 amide bonds. The molecule has 0 aromatic heterocycles.